The van der Waals surface area contributed by atoms with Gasteiger partial charge in [-0.2, -0.15) is 0 Å². The smallest absolute Gasteiger partial charge is 0.0758 e. The van der Waals surface area contributed by atoms with Crippen molar-refractivity contribution in [1.29, 1.82) is 0 Å². The van der Waals surface area contributed by atoms with Crippen molar-refractivity contribution in [2.45, 2.75) is 62.9 Å². The summed E-state index contributed by atoms with van der Waals surface area (Å²) in [5.41, 5.74) is 8.16. The number of aryl methyl sites for hydroxylation is 1. The van der Waals surface area contributed by atoms with E-state index in [9.17, 15) is 5.11 Å². The topological polar surface area (TPSA) is 46.2 Å². The summed E-state index contributed by atoms with van der Waals surface area (Å²) in [7, 11) is 0. The minimum absolute atomic E-state index is 0.217. The van der Waals surface area contributed by atoms with Gasteiger partial charge in [-0.1, -0.05) is 37.6 Å². The quantitative estimate of drug-likeness (QED) is 0.888. The van der Waals surface area contributed by atoms with E-state index in [2.05, 4.69) is 31.2 Å². The van der Waals surface area contributed by atoms with E-state index >= 15 is 0 Å². The third-order valence-corrected chi connectivity index (χ3v) is 5.99. The first-order valence-corrected chi connectivity index (χ1v) is 8.16. The maximum absolute atomic E-state index is 11.4. The molecule has 0 saturated heterocycles. The molecule has 2 heteroatoms. The Balaban J connectivity index is 2.05. The van der Waals surface area contributed by atoms with Crippen molar-refractivity contribution < 1.29 is 5.11 Å². The standard InChI is InChI=1S/C18H27NO/c1-2-14-9-11-18(20,12-14)17(13-19)10-5-7-15-6-3-4-8-16(15)17/h3-4,6,8,14,20H,2,5,7,9-13,19H2,1H3. The predicted octanol–water partition coefficient (Wildman–Crippen LogP) is 3.16. The molecule has 1 fully saturated rings. The summed E-state index contributed by atoms with van der Waals surface area (Å²) in [6.07, 6.45) is 7.47. The average molecular weight is 273 g/mol. The molecule has 20 heavy (non-hydrogen) atoms. The fraction of sp³-hybridized carbons (Fsp3) is 0.667. The number of hydrogen-bond acceptors (Lipinski definition) is 2. The lowest BCUT2D eigenvalue weighted by atomic mass is 9.59. The van der Waals surface area contributed by atoms with Crippen LogP contribution >= 0.6 is 0 Å². The van der Waals surface area contributed by atoms with Crippen LogP contribution in [0.25, 0.3) is 0 Å². The van der Waals surface area contributed by atoms with Gasteiger partial charge in [0.1, 0.15) is 0 Å². The number of nitrogens with two attached hydrogens (primary N) is 1. The summed E-state index contributed by atoms with van der Waals surface area (Å²) < 4.78 is 0. The summed E-state index contributed by atoms with van der Waals surface area (Å²) in [4.78, 5) is 0. The number of hydrogen-bond donors (Lipinski definition) is 2. The molecule has 0 heterocycles. The van der Waals surface area contributed by atoms with Crippen molar-refractivity contribution in [2.24, 2.45) is 11.7 Å². The van der Waals surface area contributed by atoms with E-state index in [1.54, 1.807) is 0 Å². The normalized spacial score (nSPS) is 36.9. The molecule has 1 aromatic rings. The van der Waals surface area contributed by atoms with Gasteiger partial charge in [-0.05, 0) is 55.6 Å². The Morgan fingerprint density at radius 3 is 2.80 bits per heavy atom. The molecule has 2 nitrogen and oxygen atoms in total. The molecule has 0 amide bonds. The first-order chi connectivity index (χ1) is 9.65. The number of benzene rings is 1. The second kappa shape index (κ2) is 5.16. The van der Waals surface area contributed by atoms with Gasteiger partial charge in [-0.3, -0.25) is 0 Å². The lowest BCUT2D eigenvalue weighted by Crippen LogP contribution is -2.56. The van der Waals surface area contributed by atoms with Crippen LogP contribution in [-0.4, -0.2) is 17.3 Å². The molecule has 3 unspecified atom stereocenters. The monoisotopic (exact) mass is 273 g/mol. The van der Waals surface area contributed by atoms with E-state index in [0.717, 1.165) is 38.5 Å². The van der Waals surface area contributed by atoms with Crippen molar-refractivity contribution >= 4 is 0 Å². The Hall–Kier alpha value is -0.860. The highest BCUT2D eigenvalue weighted by Crippen LogP contribution is 2.52. The van der Waals surface area contributed by atoms with Gasteiger partial charge in [-0.15, -0.1) is 0 Å². The van der Waals surface area contributed by atoms with Crippen LogP contribution in [0.3, 0.4) is 0 Å². The molecule has 1 saturated carbocycles. The van der Waals surface area contributed by atoms with Crippen LogP contribution < -0.4 is 5.73 Å². The van der Waals surface area contributed by atoms with Crippen LogP contribution in [0.1, 0.15) is 56.6 Å². The Kier molecular flexibility index (Phi) is 3.64. The number of aliphatic hydroxyl groups is 1. The molecular formula is C18H27NO. The van der Waals surface area contributed by atoms with Gasteiger partial charge in [0.15, 0.2) is 0 Å². The van der Waals surface area contributed by atoms with E-state index in [0.29, 0.717) is 12.5 Å². The third kappa shape index (κ3) is 1.93. The zero-order valence-electron chi connectivity index (χ0n) is 12.6. The number of rotatable bonds is 3. The Labute approximate surface area is 122 Å². The zero-order valence-corrected chi connectivity index (χ0v) is 12.6. The largest absolute Gasteiger partial charge is 0.389 e. The van der Waals surface area contributed by atoms with Crippen molar-refractivity contribution in [3.8, 4) is 0 Å². The summed E-state index contributed by atoms with van der Waals surface area (Å²) in [6.45, 7) is 2.80. The van der Waals surface area contributed by atoms with Gasteiger partial charge in [-0.25, -0.2) is 0 Å². The molecule has 1 aromatic carbocycles. The molecule has 3 N–H and O–H groups in total. The fourth-order valence-electron chi connectivity index (χ4n) is 4.71. The lowest BCUT2D eigenvalue weighted by Gasteiger charge is -2.49. The van der Waals surface area contributed by atoms with Crippen LogP contribution in [0.2, 0.25) is 0 Å². The minimum atomic E-state index is -0.598. The Bertz CT molecular complexity index is 486. The van der Waals surface area contributed by atoms with Gasteiger partial charge >= 0.3 is 0 Å². The molecule has 0 aliphatic heterocycles. The molecule has 0 spiro atoms. The van der Waals surface area contributed by atoms with Crippen LogP contribution in [-0.2, 0) is 11.8 Å². The molecule has 3 rings (SSSR count). The van der Waals surface area contributed by atoms with Crippen LogP contribution in [0.15, 0.2) is 24.3 Å². The lowest BCUT2D eigenvalue weighted by molar-refractivity contribution is -0.0425. The second-order valence-corrected chi connectivity index (χ2v) is 6.85. The molecule has 2 aliphatic rings. The molecule has 2 aliphatic carbocycles. The highest BCUT2D eigenvalue weighted by Gasteiger charge is 2.54. The van der Waals surface area contributed by atoms with Crippen LogP contribution in [0.4, 0.5) is 0 Å². The predicted molar refractivity (Wildman–Crippen MR) is 82.7 cm³/mol. The van der Waals surface area contributed by atoms with Gasteiger partial charge in [0.2, 0.25) is 0 Å². The van der Waals surface area contributed by atoms with Gasteiger partial charge < -0.3 is 10.8 Å². The fourth-order valence-corrected chi connectivity index (χ4v) is 4.71. The molecular weight excluding hydrogens is 246 g/mol. The molecule has 3 atom stereocenters. The maximum atomic E-state index is 11.4. The van der Waals surface area contributed by atoms with E-state index in [-0.39, 0.29) is 5.41 Å². The van der Waals surface area contributed by atoms with Crippen molar-refractivity contribution in [2.75, 3.05) is 6.54 Å². The summed E-state index contributed by atoms with van der Waals surface area (Å²) in [6, 6.07) is 8.64. The van der Waals surface area contributed by atoms with Crippen molar-refractivity contribution in [1.82, 2.24) is 0 Å². The Morgan fingerprint density at radius 2 is 2.10 bits per heavy atom. The summed E-state index contributed by atoms with van der Waals surface area (Å²) in [5.74, 6) is 0.664. The number of fused-ring (bicyclic) bond motifs is 1. The van der Waals surface area contributed by atoms with Gasteiger partial charge in [0.05, 0.1) is 5.60 Å². The van der Waals surface area contributed by atoms with E-state index < -0.39 is 5.60 Å². The average Bonchev–Trinajstić information content (AvgIpc) is 2.89. The SMILES string of the molecule is CCC1CCC(O)(C2(CN)CCCc3ccccc32)C1. The van der Waals surface area contributed by atoms with E-state index in [1.807, 2.05) is 0 Å². The Morgan fingerprint density at radius 1 is 1.30 bits per heavy atom. The van der Waals surface area contributed by atoms with Crippen LogP contribution in [0.5, 0.6) is 0 Å². The second-order valence-electron chi connectivity index (χ2n) is 6.85. The van der Waals surface area contributed by atoms with Crippen molar-refractivity contribution in [3.05, 3.63) is 35.4 Å². The first-order valence-electron chi connectivity index (χ1n) is 8.16. The van der Waals surface area contributed by atoms with Gasteiger partial charge in [0, 0.05) is 12.0 Å². The molecule has 0 bridgehead atoms. The van der Waals surface area contributed by atoms with Crippen molar-refractivity contribution in [3.63, 3.8) is 0 Å². The van der Waals surface area contributed by atoms with Gasteiger partial charge in [0.25, 0.3) is 0 Å². The molecule has 0 aromatic heterocycles. The highest BCUT2D eigenvalue weighted by atomic mass is 16.3. The van der Waals surface area contributed by atoms with E-state index in [4.69, 9.17) is 5.73 Å². The first kappa shape index (κ1) is 14.1. The summed E-state index contributed by atoms with van der Waals surface area (Å²) in [5, 5.41) is 11.4. The molecule has 0 radical (unpaired) electrons. The minimum Gasteiger partial charge on any atom is -0.389 e. The maximum Gasteiger partial charge on any atom is 0.0758 e. The van der Waals surface area contributed by atoms with E-state index in [1.165, 1.54) is 17.5 Å². The zero-order chi connectivity index (χ0) is 14.2. The third-order valence-electron chi connectivity index (χ3n) is 5.99. The molecule has 110 valence electrons. The van der Waals surface area contributed by atoms with Crippen LogP contribution in [0, 0.1) is 5.92 Å². The summed E-state index contributed by atoms with van der Waals surface area (Å²) >= 11 is 0. The highest BCUT2D eigenvalue weighted by molar-refractivity contribution is 5.40.